The molecule has 0 saturated heterocycles. The van der Waals surface area contributed by atoms with E-state index in [4.69, 9.17) is 0 Å². The molecular weight excluding hydrogens is 348 g/mol. The molecule has 2 N–H and O–H groups in total. The minimum Gasteiger partial charge on any atom is -0.309 e. The summed E-state index contributed by atoms with van der Waals surface area (Å²) in [4.78, 5) is 12.6. The number of hydrogen-bond donors (Lipinski definition) is 2. The van der Waals surface area contributed by atoms with Gasteiger partial charge in [-0.1, -0.05) is 62.4 Å². The smallest absolute Gasteiger partial charge is 0.239 e. The summed E-state index contributed by atoms with van der Waals surface area (Å²) in [7, 11) is 0. The zero-order chi connectivity index (χ0) is 20.1. The molecular formula is C23H28N4O. The molecule has 3 aromatic rings. The highest BCUT2D eigenvalue weighted by Gasteiger charge is 2.17. The summed E-state index contributed by atoms with van der Waals surface area (Å²) in [5.74, 6) is 0.964. The normalized spacial score (nSPS) is 12.2. The molecule has 0 unspecified atom stereocenters. The molecule has 1 atom stereocenters. The van der Waals surface area contributed by atoms with Crippen LogP contribution in [0.25, 0.3) is 5.69 Å². The Hall–Kier alpha value is -2.92. The van der Waals surface area contributed by atoms with Crippen LogP contribution in [0.2, 0.25) is 0 Å². The number of nitrogens with one attached hydrogen (secondary N) is 2. The van der Waals surface area contributed by atoms with E-state index in [0.29, 0.717) is 11.7 Å². The molecule has 2 aromatic carbocycles. The molecule has 0 aliphatic heterocycles. The minimum absolute atomic E-state index is 0.0867. The monoisotopic (exact) mass is 376 g/mol. The third kappa shape index (κ3) is 4.67. The summed E-state index contributed by atoms with van der Waals surface area (Å²) < 4.78 is 1.79. The number of para-hydroxylation sites is 1. The van der Waals surface area contributed by atoms with Crippen molar-refractivity contribution in [2.75, 3.05) is 11.9 Å². The van der Waals surface area contributed by atoms with Crippen LogP contribution in [0.4, 0.5) is 5.82 Å². The third-order valence-electron chi connectivity index (χ3n) is 4.75. The van der Waals surface area contributed by atoms with E-state index in [-0.39, 0.29) is 18.5 Å². The molecule has 5 nitrogen and oxygen atoms in total. The van der Waals surface area contributed by atoms with E-state index in [0.717, 1.165) is 16.9 Å². The highest BCUT2D eigenvalue weighted by Crippen LogP contribution is 2.22. The Morgan fingerprint density at radius 2 is 1.71 bits per heavy atom. The quantitative estimate of drug-likeness (QED) is 0.642. The van der Waals surface area contributed by atoms with Gasteiger partial charge < -0.3 is 10.6 Å². The van der Waals surface area contributed by atoms with Crippen molar-refractivity contribution in [3.8, 4) is 5.69 Å². The van der Waals surface area contributed by atoms with Crippen molar-refractivity contribution < 1.29 is 4.79 Å². The van der Waals surface area contributed by atoms with Crippen molar-refractivity contribution in [1.82, 2.24) is 15.1 Å². The molecule has 0 saturated carbocycles. The average Bonchev–Trinajstić information content (AvgIpc) is 3.02. The fourth-order valence-corrected chi connectivity index (χ4v) is 3.36. The molecule has 3 rings (SSSR count). The van der Waals surface area contributed by atoms with Gasteiger partial charge in [0.15, 0.2) is 0 Å². The molecule has 0 spiro atoms. The second-order valence-electron chi connectivity index (χ2n) is 7.43. The summed E-state index contributed by atoms with van der Waals surface area (Å²) in [5.41, 5.74) is 4.10. The summed E-state index contributed by atoms with van der Waals surface area (Å²) in [6, 6.07) is 20.2. The van der Waals surface area contributed by atoms with Crippen molar-refractivity contribution in [2.45, 2.75) is 33.7 Å². The summed E-state index contributed by atoms with van der Waals surface area (Å²) >= 11 is 0. The van der Waals surface area contributed by atoms with Crippen molar-refractivity contribution in [3.05, 3.63) is 77.5 Å². The van der Waals surface area contributed by atoms with Gasteiger partial charge in [0, 0.05) is 12.1 Å². The molecule has 0 aliphatic carbocycles. The fourth-order valence-electron chi connectivity index (χ4n) is 3.36. The molecule has 1 aromatic heterocycles. The summed E-state index contributed by atoms with van der Waals surface area (Å²) in [6.45, 7) is 8.49. The first-order valence-electron chi connectivity index (χ1n) is 9.66. The lowest BCUT2D eigenvalue weighted by Gasteiger charge is -2.22. The lowest BCUT2D eigenvalue weighted by atomic mass is 9.96. The Morgan fingerprint density at radius 1 is 1.04 bits per heavy atom. The van der Waals surface area contributed by atoms with E-state index >= 15 is 0 Å². The maximum Gasteiger partial charge on any atom is 0.239 e. The zero-order valence-electron chi connectivity index (χ0n) is 16.9. The van der Waals surface area contributed by atoms with Crippen LogP contribution in [0.1, 0.15) is 36.7 Å². The number of carbonyl (C=O) groups is 1. The Bertz CT molecular complexity index is 931. The summed E-state index contributed by atoms with van der Waals surface area (Å²) in [6.07, 6.45) is 0. The van der Waals surface area contributed by atoms with Crippen LogP contribution in [0.5, 0.6) is 0 Å². The Kier molecular flexibility index (Phi) is 6.26. The number of carbonyl (C=O) groups excluding carboxylic acids is 1. The van der Waals surface area contributed by atoms with Crippen molar-refractivity contribution in [2.24, 2.45) is 5.92 Å². The Morgan fingerprint density at radius 3 is 2.39 bits per heavy atom. The molecule has 0 fully saturated rings. The maximum absolute atomic E-state index is 12.6. The number of hydrogen-bond acceptors (Lipinski definition) is 3. The lowest BCUT2D eigenvalue weighted by molar-refractivity contribution is -0.115. The number of aromatic nitrogens is 2. The van der Waals surface area contributed by atoms with E-state index in [1.54, 1.807) is 4.68 Å². The minimum atomic E-state index is -0.0867. The molecule has 1 heterocycles. The van der Waals surface area contributed by atoms with Crippen LogP contribution >= 0.6 is 0 Å². The van der Waals surface area contributed by atoms with Crippen LogP contribution < -0.4 is 10.6 Å². The molecule has 0 bridgehead atoms. The molecule has 0 aliphatic rings. The number of anilines is 1. The average molecular weight is 377 g/mol. The first kappa shape index (κ1) is 19.8. The number of amides is 1. The third-order valence-corrected chi connectivity index (χ3v) is 4.75. The van der Waals surface area contributed by atoms with Crippen molar-refractivity contribution in [1.29, 1.82) is 0 Å². The molecule has 5 heteroatoms. The highest BCUT2D eigenvalue weighted by atomic mass is 16.2. The van der Waals surface area contributed by atoms with Gasteiger partial charge in [-0.2, -0.15) is 5.10 Å². The SMILES string of the molecule is Cc1cc(NC(=O)CN[C@@H](c2ccccc2)C(C)C)n(-c2ccccc2C)n1. The molecule has 146 valence electrons. The van der Waals surface area contributed by atoms with Gasteiger partial charge >= 0.3 is 0 Å². The van der Waals surface area contributed by atoms with Gasteiger partial charge in [0.1, 0.15) is 5.82 Å². The highest BCUT2D eigenvalue weighted by molar-refractivity contribution is 5.91. The second-order valence-corrected chi connectivity index (χ2v) is 7.43. The van der Waals surface area contributed by atoms with E-state index in [9.17, 15) is 4.79 Å². The summed E-state index contributed by atoms with van der Waals surface area (Å²) in [5, 5.41) is 10.9. The Labute approximate surface area is 166 Å². The first-order chi connectivity index (χ1) is 13.5. The Balaban J connectivity index is 1.71. The van der Waals surface area contributed by atoms with E-state index < -0.39 is 0 Å². The van der Waals surface area contributed by atoms with Crippen LogP contribution in [0.3, 0.4) is 0 Å². The van der Waals surface area contributed by atoms with Gasteiger partial charge in [-0.25, -0.2) is 4.68 Å². The molecule has 1 amide bonds. The van der Waals surface area contributed by atoms with Crippen LogP contribution in [-0.4, -0.2) is 22.2 Å². The first-order valence-corrected chi connectivity index (χ1v) is 9.66. The standard InChI is InChI=1S/C23H28N4O/c1-16(2)23(19-11-6-5-7-12-19)24-15-22(28)25-21-14-18(4)26-27(21)20-13-9-8-10-17(20)3/h5-14,16,23-24H,15H2,1-4H3,(H,25,28)/t23-/m1/s1. The number of nitrogens with zero attached hydrogens (tertiary/aromatic N) is 2. The van der Waals surface area contributed by atoms with Gasteiger partial charge in [-0.15, -0.1) is 0 Å². The topological polar surface area (TPSA) is 59.0 Å². The van der Waals surface area contributed by atoms with Crippen LogP contribution in [0.15, 0.2) is 60.7 Å². The largest absolute Gasteiger partial charge is 0.309 e. The maximum atomic E-state index is 12.6. The van der Waals surface area contributed by atoms with E-state index in [1.807, 2.05) is 62.4 Å². The predicted molar refractivity (Wildman–Crippen MR) is 114 cm³/mol. The molecule has 28 heavy (non-hydrogen) atoms. The fraction of sp³-hybridized carbons (Fsp3) is 0.304. The number of rotatable bonds is 7. The van der Waals surface area contributed by atoms with E-state index in [2.05, 4.69) is 41.7 Å². The number of aryl methyl sites for hydroxylation is 2. The van der Waals surface area contributed by atoms with Gasteiger partial charge in [0.05, 0.1) is 17.9 Å². The van der Waals surface area contributed by atoms with Crippen LogP contribution in [-0.2, 0) is 4.79 Å². The van der Waals surface area contributed by atoms with Crippen molar-refractivity contribution >= 4 is 11.7 Å². The van der Waals surface area contributed by atoms with Gasteiger partial charge in [0.25, 0.3) is 0 Å². The molecule has 0 radical (unpaired) electrons. The van der Waals surface area contributed by atoms with Gasteiger partial charge in [0.2, 0.25) is 5.91 Å². The lowest BCUT2D eigenvalue weighted by Crippen LogP contribution is -2.34. The van der Waals surface area contributed by atoms with Crippen LogP contribution in [0, 0.1) is 19.8 Å². The number of benzene rings is 2. The predicted octanol–water partition coefficient (Wildman–Crippen LogP) is 4.41. The van der Waals surface area contributed by atoms with E-state index in [1.165, 1.54) is 5.56 Å². The van der Waals surface area contributed by atoms with Crippen molar-refractivity contribution in [3.63, 3.8) is 0 Å². The second kappa shape index (κ2) is 8.85. The van der Waals surface area contributed by atoms with Gasteiger partial charge in [-0.3, -0.25) is 4.79 Å². The zero-order valence-corrected chi connectivity index (χ0v) is 16.9. The van der Waals surface area contributed by atoms with Gasteiger partial charge in [-0.05, 0) is 37.0 Å².